The van der Waals surface area contributed by atoms with Crippen LogP contribution in [0.15, 0.2) is 101 Å². The smallest absolute Gasteiger partial charge is 0.0424 e. The molecule has 0 heteroatoms. The Hall–Kier alpha value is -3.30. The average molecular weight is 673 g/mol. The van der Waals surface area contributed by atoms with E-state index in [1.165, 1.54) is 110 Å². The maximum absolute atomic E-state index is 5.56. The summed E-state index contributed by atoms with van der Waals surface area (Å²) in [5, 5.41) is 0. The Morgan fingerprint density at radius 3 is 1.53 bits per heavy atom. The van der Waals surface area contributed by atoms with Crippen LogP contribution < -0.4 is 0 Å². The van der Waals surface area contributed by atoms with Crippen molar-refractivity contribution in [2.45, 2.75) is 166 Å². The molecule has 1 atom stereocenters. The Labute approximate surface area is 311 Å². The molecular formula is C49H84. The molecule has 0 radical (unpaired) electrons. The number of terminal acetylenes is 1. The Kier molecular flexibility index (Phi) is 58.0. The van der Waals surface area contributed by atoms with Crippen molar-refractivity contribution in [3.05, 3.63) is 128 Å². The number of benzene rings is 2. The summed E-state index contributed by atoms with van der Waals surface area (Å²) in [7, 11) is 0. The number of unbranched alkanes of at least 4 members (excludes halogenated alkanes) is 5. The summed E-state index contributed by atoms with van der Waals surface area (Å²) in [6.07, 6.45) is 22.1. The molecule has 49 heavy (non-hydrogen) atoms. The van der Waals surface area contributed by atoms with Crippen LogP contribution in [0, 0.1) is 19.3 Å². The van der Waals surface area contributed by atoms with Gasteiger partial charge in [0, 0.05) is 5.92 Å². The van der Waals surface area contributed by atoms with Crippen molar-refractivity contribution >= 4 is 5.57 Å². The topological polar surface area (TPSA) is 0 Å². The van der Waals surface area contributed by atoms with Crippen LogP contribution in [0.3, 0.4) is 0 Å². The summed E-state index contributed by atoms with van der Waals surface area (Å²) in [6, 6.07) is 15.2. The molecule has 2 rings (SSSR count). The lowest BCUT2D eigenvalue weighted by molar-refractivity contribution is 0.680. The lowest BCUT2D eigenvalue weighted by atomic mass is 9.90. The molecule has 2 aromatic carbocycles. The standard InChI is InChI=1S/C17H22.C11H16.C11H22.2C2H6.3C2H4/c1-6-8-9-15-10-11-16(13(3)4)12-17(15)14(5)7-2;1-3-4-8-11-9-6-5-7-10(11)2;1-4-6-8-10-11(3)9-7-5-2;5*1-2/h2,10-12,14H,3,6,8-9H2,1,4-5H3;5-7,9H,3-4,8H2,1-2H3;3-10H2,1-2H3;2*1-2H3;3*1-2H2. The zero-order valence-corrected chi connectivity index (χ0v) is 35.0. The van der Waals surface area contributed by atoms with Crippen molar-refractivity contribution in [2.24, 2.45) is 0 Å². The predicted octanol–water partition coefficient (Wildman–Crippen LogP) is 16.9. The van der Waals surface area contributed by atoms with Gasteiger partial charge in [-0.3, -0.25) is 0 Å². The molecule has 0 aliphatic carbocycles. The fraction of sp³-hybridized carbons (Fsp3) is 0.510. The van der Waals surface area contributed by atoms with Gasteiger partial charge in [0.1, 0.15) is 0 Å². The number of rotatable bonds is 15. The molecule has 0 N–H and O–H groups in total. The van der Waals surface area contributed by atoms with Crippen molar-refractivity contribution in [3.63, 3.8) is 0 Å². The van der Waals surface area contributed by atoms with Crippen LogP contribution in [-0.4, -0.2) is 0 Å². The molecule has 0 aliphatic heterocycles. The summed E-state index contributed by atoms with van der Waals surface area (Å²) in [5.41, 5.74) is 9.37. The number of hydrogen-bond donors (Lipinski definition) is 0. The van der Waals surface area contributed by atoms with E-state index in [0.29, 0.717) is 0 Å². The van der Waals surface area contributed by atoms with Gasteiger partial charge in [0.05, 0.1) is 0 Å². The summed E-state index contributed by atoms with van der Waals surface area (Å²) in [5.74, 6) is 3.02. The summed E-state index contributed by atoms with van der Waals surface area (Å²) >= 11 is 0. The lowest BCUT2D eigenvalue weighted by Crippen LogP contribution is -1.99. The Balaban J connectivity index is -0.000000128. The number of hydrogen-bond acceptors (Lipinski definition) is 0. The van der Waals surface area contributed by atoms with E-state index in [1.807, 2.05) is 34.6 Å². The van der Waals surface area contributed by atoms with E-state index in [9.17, 15) is 0 Å². The molecule has 0 amide bonds. The molecule has 2 aromatic rings. The van der Waals surface area contributed by atoms with Crippen molar-refractivity contribution in [1.82, 2.24) is 0 Å². The highest BCUT2D eigenvalue weighted by Gasteiger charge is 2.09. The van der Waals surface area contributed by atoms with Gasteiger partial charge in [-0.2, -0.15) is 0 Å². The molecule has 0 heterocycles. The van der Waals surface area contributed by atoms with Crippen molar-refractivity contribution < 1.29 is 0 Å². The second-order valence-corrected chi connectivity index (χ2v) is 11.0. The van der Waals surface area contributed by atoms with E-state index in [2.05, 4.69) is 143 Å². The van der Waals surface area contributed by atoms with Gasteiger partial charge >= 0.3 is 0 Å². The second-order valence-electron chi connectivity index (χ2n) is 11.0. The monoisotopic (exact) mass is 673 g/mol. The van der Waals surface area contributed by atoms with Crippen LogP contribution in [0.25, 0.3) is 5.57 Å². The quantitative estimate of drug-likeness (QED) is 0.100. The third-order valence-electron chi connectivity index (χ3n) is 7.23. The van der Waals surface area contributed by atoms with E-state index in [1.54, 1.807) is 0 Å². The van der Waals surface area contributed by atoms with Gasteiger partial charge in [0.25, 0.3) is 0 Å². The van der Waals surface area contributed by atoms with Gasteiger partial charge < -0.3 is 0 Å². The maximum Gasteiger partial charge on any atom is 0.0424 e. The van der Waals surface area contributed by atoms with Gasteiger partial charge in [-0.1, -0.05) is 154 Å². The second kappa shape index (κ2) is 49.1. The Bertz CT molecular complexity index is 1010. The highest BCUT2D eigenvalue weighted by Crippen LogP contribution is 2.25. The van der Waals surface area contributed by atoms with Gasteiger partial charge in [-0.25, -0.2) is 0 Å². The molecule has 0 spiro atoms. The molecule has 0 nitrogen and oxygen atoms in total. The molecule has 1 unspecified atom stereocenters. The molecule has 0 aliphatic rings. The normalized spacial score (nSPS) is 9.10. The first-order valence-corrected chi connectivity index (χ1v) is 19.2. The lowest BCUT2D eigenvalue weighted by Gasteiger charge is -2.14. The highest BCUT2D eigenvalue weighted by molar-refractivity contribution is 5.63. The minimum atomic E-state index is 0.182. The van der Waals surface area contributed by atoms with E-state index in [-0.39, 0.29) is 5.92 Å². The molecule has 280 valence electrons. The van der Waals surface area contributed by atoms with Gasteiger partial charge in [0.2, 0.25) is 0 Å². The number of allylic oxidation sites excluding steroid dienone is 2. The van der Waals surface area contributed by atoms with Gasteiger partial charge in [-0.15, -0.1) is 45.9 Å². The third kappa shape index (κ3) is 35.8. The maximum atomic E-state index is 5.56. The van der Waals surface area contributed by atoms with Crippen LogP contribution >= 0.6 is 0 Å². The summed E-state index contributed by atoms with van der Waals surface area (Å²) in [4.78, 5) is 0. The van der Waals surface area contributed by atoms with E-state index in [4.69, 9.17) is 6.42 Å². The fourth-order valence-electron chi connectivity index (χ4n) is 4.38. The first-order chi connectivity index (χ1) is 23.7. The summed E-state index contributed by atoms with van der Waals surface area (Å²) in [6.45, 7) is 49.3. The van der Waals surface area contributed by atoms with Crippen molar-refractivity contribution in [3.8, 4) is 12.3 Å². The predicted molar refractivity (Wildman–Crippen MR) is 236 cm³/mol. The average Bonchev–Trinajstić information content (AvgIpc) is 3.17. The third-order valence-corrected chi connectivity index (χ3v) is 7.23. The van der Waals surface area contributed by atoms with E-state index < -0.39 is 0 Å². The van der Waals surface area contributed by atoms with Crippen LogP contribution in [0.5, 0.6) is 0 Å². The van der Waals surface area contributed by atoms with Gasteiger partial charge in [-0.05, 0) is 106 Å². The van der Waals surface area contributed by atoms with Crippen LogP contribution in [0.4, 0.5) is 0 Å². The first-order valence-electron chi connectivity index (χ1n) is 19.2. The molecule has 0 saturated carbocycles. The van der Waals surface area contributed by atoms with Crippen molar-refractivity contribution in [2.75, 3.05) is 0 Å². The minimum Gasteiger partial charge on any atom is -0.119 e. The first kappa shape index (κ1) is 57.9. The Morgan fingerprint density at radius 1 is 0.653 bits per heavy atom. The van der Waals surface area contributed by atoms with Crippen LogP contribution in [0.1, 0.15) is 174 Å². The van der Waals surface area contributed by atoms with Crippen molar-refractivity contribution in [1.29, 1.82) is 0 Å². The molecule has 0 saturated heterocycles. The van der Waals surface area contributed by atoms with E-state index in [0.717, 1.165) is 12.0 Å². The molecule has 0 fully saturated rings. The molecule has 0 bridgehead atoms. The highest BCUT2D eigenvalue weighted by atomic mass is 14.1. The fourth-order valence-corrected chi connectivity index (χ4v) is 4.38. The summed E-state index contributed by atoms with van der Waals surface area (Å²) < 4.78 is 0. The zero-order valence-electron chi connectivity index (χ0n) is 35.0. The zero-order chi connectivity index (χ0) is 39.5. The van der Waals surface area contributed by atoms with Crippen LogP contribution in [0.2, 0.25) is 0 Å². The SMILES string of the molecule is C#CC(C)c1cc(C(=C)C)ccc1CCCC.C=C.C=C.C=C.C=C(CCCC)CCCCC.CC.CC.CCCCc1ccccc1C. The van der Waals surface area contributed by atoms with Crippen LogP contribution in [-0.2, 0) is 12.8 Å². The Morgan fingerprint density at radius 2 is 1.10 bits per heavy atom. The molecule has 0 aromatic heterocycles. The van der Waals surface area contributed by atoms with E-state index >= 15 is 0 Å². The largest absolute Gasteiger partial charge is 0.119 e. The van der Waals surface area contributed by atoms with Gasteiger partial charge in [0.15, 0.2) is 0 Å². The minimum absolute atomic E-state index is 0.182. The molecular weight excluding hydrogens is 589 g/mol. The number of aryl methyl sites for hydroxylation is 3.